The number of ether oxygens (including phenoxy) is 1. The lowest BCUT2D eigenvalue weighted by Crippen LogP contribution is -2.60. The third-order valence-electron chi connectivity index (χ3n) is 8.97. The van der Waals surface area contributed by atoms with E-state index in [0.29, 0.717) is 37.6 Å². The standard InChI is InChI=1S/C35H41Cl2N7O4/c1-35(2,3)48-34(47)41-16-17-42-26-9-7-8-24(18-26)28(10-5-4-6-14-38-33(46)30(42)21-41)43-15-13-23(19-32(43)45)27-20-25(36)11-12-29(27)44-22-31(37)39-40-44/h7-9,11-12,18-20,22,28,30H,4-6,10,13-17,21H2,1-3H3,(H,38,46)/t28-,30+/m0/s1. The highest BCUT2D eigenvalue weighted by Gasteiger charge is 2.37. The van der Waals surface area contributed by atoms with Gasteiger partial charge in [0.2, 0.25) is 11.8 Å². The lowest BCUT2D eigenvalue weighted by Gasteiger charge is -2.42. The van der Waals surface area contributed by atoms with E-state index < -0.39 is 17.7 Å². The molecule has 254 valence electrons. The van der Waals surface area contributed by atoms with Crippen molar-refractivity contribution in [3.63, 3.8) is 0 Å². The van der Waals surface area contributed by atoms with Crippen molar-refractivity contribution < 1.29 is 19.1 Å². The number of aromatic nitrogens is 3. The summed E-state index contributed by atoms with van der Waals surface area (Å²) < 4.78 is 7.22. The Morgan fingerprint density at radius 2 is 1.81 bits per heavy atom. The SMILES string of the molecule is CC(C)(C)OC(=O)N1CCN2c3cccc(c3)[C@@H](N3CCC(c4cc(Cl)ccc4-n4cc(Cl)nn4)=CC3=O)CCCCCNC(=O)[C@H]2C1. The number of rotatable bonds is 3. The molecule has 1 fully saturated rings. The Balaban J connectivity index is 1.28. The van der Waals surface area contributed by atoms with E-state index in [-0.39, 0.29) is 29.6 Å². The molecule has 6 rings (SSSR count). The summed E-state index contributed by atoms with van der Waals surface area (Å²) in [7, 11) is 0. The summed E-state index contributed by atoms with van der Waals surface area (Å²) in [6, 6.07) is 12.9. The van der Waals surface area contributed by atoms with Crippen molar-refractivity contribution in [1.82, 2.24) is 30.1 Å². The first-order valence-electron chi connectivity index (χ1n) is 16.5. The first-order chi connectivity index (χ1) is 23.0. The number of anilines is 1. The fourth-order valence-corrected chi connectivity index (χ4v) is 6.99. The van der Waals surface area contributed by atoms with Crippen LogP contribution in [0, 0.1) is 0 Å². The third kappa shape index (κ3) is 7.63. The average molecular weight is 695 g/mol. The Morgan fingerprint density at radius 3 is 2.56 bits per heavy atom. The van der Waals surface area contributed by atoms with Gasteiger partial charge >= 0.3 is 6.09 Å². The van der Waals surface area contributed by atoms with E-state index in [2.05, 4.69) is 32.7 Å². The monoisotopic (exact) mass is 693 g/mol. The molecule has 3 aromatic rings. The predicted molar refractivity (Wildman–Crippen MR) is 185 cm³/mol. The topological polar surface area (TPSA) is 113 Å². The van der Waals surface area contributed by atoms with E-state index in [0.717, 1.165) is 53.8 Å². The Hall–Kier alpha value is -4.09. The Morgan fingerprint density at radius 1 is 0.979 bits per heavy atom. The normalized spacial score (nSPS) is 20.9. The summed E-state index contributed by atoms with van der Waals surface area (Å²) >= 11 is 12.5. The number of piperazine rings is 1. The van der Waals surface area contributed by atoms with Crippen molar-refractivity contribution in [2.45, 2.75) is 70.6 Å². The molecule has 3 aliphatic heterocycles. The van der Waals surface area contributed by atoms with Gasteiger partial charge in [-0.05, 0) is 81.5 Å². The number of amides is 3. The largest absolute Gasteiger partial charge is 0.444 e. The summed E-state index contributed by atoms with van der Waals surface area (Å²) in [4.78, 5) is 46.1. The van der Waals surface area contributed by atoms with Gasteiger partial charge in [-0.15, -0.1) is 5.10 Å². The molecule has 0 saturated carbocycles. The van der Waals surface area contributed by atoms with Gasteiger partial charge in [-0.1, -0.05) is 53.4 Å². The third-order valence-corrected chi connectivity index (χ3v) is 9.38. The first-order valence-corrected chi connectivity index (χ1v) is 17.2. The molecule has 1 N–H and O–H groups in total. The second kappa shape index (κ2) is 14.2. The molecule has 0 spiro atoms. The lowest BCUT2D eigenvalue weighted by atomic mass is 9.93. The number of nitrogens with one attached hydrogen (secondary N) is 1. The molecule has 4 heterocycles. The van der Waals surface area contributed by atoms with Gasteiger partial charge in [-0.3, -0.25) is 9.59 Å². The highest BCUT2D eigenvalue weighted by atomic mass is 35.5. The number of carbonyl (C=O) groups is 3. The minimum absolute atomic E-state index is 0.0702. The van der Waals surface area contributed by atoms with Gasteiger partial charge in [0.1, 0.15) is 11.6 Å². The Kier molecular flexibility index (Phi) is 9.98. The molecule has 48 heavy (non-hydrogen) atoms. The van der Waals surface area contributed by atoms with Crippen LogP contribution < -0.4 is 10.2 Å². The van der Waals surface area contributed by atoms with E-state index in [1.165, 1.54) is 0 Å². The second-order valence-corrected chi connectivity index (χ2v) is 14.3. The highest BCUT2D eigenvalue weighted by molar-refractivity contribution is 6.31. The number of hydrogen-bond acceptors (Lipinski definition) is 7. The van der Waals surface area contributed by atoms with Crippen molar-refractivity contribution in [3.8, 4) is 5.69 Å². The van der Waals surface area contributed by atoms with Gasteiger partial charge in [0.25, 0.3) is 0 Å². The average Bonchev–Trinajstić information content (AvgIpc) is 3.49. The number of nitrogens with zero attached hydrogens (tertiary/aromatic N) is 6. The van der Waals surface area contributed by atoms with E-state index in [1.54, 1.807) is 27.9 Å². The fourth-order valence-electron chi connectivity index (χ4n) is 6.69. The summed E-state index contributed by atoms with van der Waals surface area (Å²) in [5.41, 5.74) is 3.69. The molecule has 0 unspecified atom stereocenters. The number of carbonyl (C=O) groups excluding carboxylic acids is 3. The van der Waals surface area contributed by atoms with Crippen LogP contribution in [0.15, 0.2) is 54.7 Å². The van der Waals surface area contributed by atoms with Crippen molar-refractivity contribution in [2.75, 3.05) is 37.6 Å². The van der Waals surface area contributed by atoms with Gasteiger partial charge in [-0.25, -0.2) is 9.48 Å². The summed E-state index contributed by atoms with van der Waals surface area (Å²) in [6.45, 7) is 7.70. The zero-order valence-electron chi connectivity index (χ0n) is 27.5. The van der Waals surface area contributed by atoms with Crippen molar-refractivity contribution in [2.24, 2.45) is 0 Å². The van der Waals surface area contributed by atoms with Crippen LogP contribution in [0.3, 0.4) is 0 Å². The fraction of sp³-hybridized carbons (Fsp3) is 0.457. The van der Waals surface area contributed by atoms with Crippen LogP contribution in [0.2, 0.25) is 10.2 Å². The summed E-state index contributed by atoms with van der Waals surface area (Å²) in [5.74, 6) is -0.180. The van der Waals surface area contributed by atoms with Crippen molar-refractivity contribution >= 4 is 52.4 Å². The second-order valence-electron chi connectivity index (χ2n) is 13.5. The lowest BCUT2D eigenvalue weighted by molar-refractivity contribution is -0.129. The molecule has 2 aromatic carbocycles. The molecular formula is C35H41Cl2N7O4. The van der Waals surface area contributed by atoms with E-state index >= 15 is 0 Å². The van der Waals surface area contributed by atoms with Crippen LogP contribution >= 0.6 is 23.2 Å². The van der Waals surface area contributed by atoms with Crippen LogP contribution in [0.4, 0.5) is 10.5 Å². The molecule has 2 bridgehead atoms. The molecule has 11 nitrogen and oxygen atoms in total. The maximum absolute atomic E-state index is 14.0. The van der Waals surface area contributed by atoms with Crippen LogP contribution in [-0.2, 0) is 14.3 Å². The number of benzene rings is 2. The van der Waals surface area contributed by atoms with Gasteiger partial charge in [0, 0.05) is 48.5 Å². The molecule has 3 aliphatic rings. The molecule has 0 radical (unpaired) electrons. The van der Waals surface area contributed by atoms with E-state index in [9.17, 15) is 14.4 Å². The Labute approximate surface area is 290 Å². The molecule has 1 aromatic heterocycles. The summed E-state index contributed by atoms with van der Waals surface area (Å²) in [5, 5.41) is 12.0. The highest BCUT2D eigenvalue weighted by Crippen LogP contribution is 2.36. The minimum atomic E-state index is -0.631. The van der Waals surface area contributed by atoms with Crippen molar-refractivity contribution in [1.29, 1.82) is 0 Å². The minimum Gasteiger partial charge on any atom is -0.444 e. The first kappa shape index (κ1) is 33.8. The van der Waals surface area contributed by atoms with E-state index in [1.807, 2.05) is 49.9 Å². The molecular weight excluding hydrogens is 653 g/mol. The van der Waals surface area contributed by atoms with Gasteiger partial charge in [0.05, 0.1) is 24.5 Å². The van der Waals surface area contributed by atoms with Crippen LogP contribution in [0.5, 0.6) is 0 Å². The quantitative estimate of drug-likeness (QED) is 0.356. The Bertz CT molecular complexity index is 1720. The van der Waals surface area contributed by atoms with Gasteiger partial charge in [-0.2, -0.15) is 0 Å². The van der Waals surface area contributed by atoms with Crippen LogP contribution in [-0.4, -0.2) is 87.1 Å². The van der Waals surface area contributed by atoms with Crippen molar-refractivity contribution in [3.05, 3.63) is 76.0 Å². The summed E-state index contributed by atoms with van der Waals surface area (Å²) in [6.07, 6.45) is 6.96. The number of halogens is 2. The van der Waals surface area contributed by atoms with E-state index in [4.69, 9.17) is 27.9 Å². The maximum atomic E-state index is 14.0. The molecule has 13 heteroatoms. The zero-order valence-corrected chi connectivity index (χ0v) is 29.0. The van der Waals surface area contributed by atoms with Crippen LogP contribution in [0.25, 0.3) is 11.3 Å². The maximum Gasteiger partial charge on any atom is 0.410 e. The molecule has 0 aliphatic carbocycles. The van der Waals surface area contributed by atoms with Gasteiger partial charge in [0.15, 0.2) is 5.15 Å². The molecule has 1 saturated heterocycles. The zero-order chi connectivity index (χ0) is 34.0. The van der Waals surface area contributed by atoms with Crippen LogP contribution in [0.1, 0.15) is 70.0 Å². The number of hydrogen-bond donors (Lipinski definition) is 1. The predicted octanol–water partition coefficient (Wildman–Crippen LogP) is 6.05. The molecule has 2 atom stereocenters. The smallest absolute Gasteiger partial charge is 0.410 e. The number of fused-ring (bicyclic) bond motifs is 4. The van der Waals surface area contributed by atoms with Gasteiger partial charge < -0.3 is 24.8 Å². The molecule has 3 amide bonds.